The number of carbonyl (C=O) groups excluding carboxylic acids is 3. The smallest absolute Gasteiger partial charge is 0.410 e. The van der Waals surface area contributed by atoms with Gasteiger partial charge in [-0.25, -0.2) is 13.9 Å². The zero-order valence-corrected chi connectivity index (χ0v) is 20.6. The fourth-order valence-corrected chi connectivity index (χ4v) is 4.85. The number of nitrogens with zero attached hydrogens (tertiary/aromatic N) is 3. The lowest BCUT2D eigenvalue weighted by Crippen LogP contribution is -2.74. The van der Waals surface area contributed by atoms with Crippen molar-refractivity contribution >= 4 is 51.7 Å². The second-order valence-electron chi connectivity index (χ2n) is 8.36. The molecule has 0 aromatic carbocycles. The highest BCUT2D eigenvalue weighted by Crippen LogP contribution is 2.27. The van der Waals surface area contributed by atoms with E-state index in [0.717, 1.165) is 16.7 Å². The molecule has 0 bridgehead atoms. The van der Waals surface area contributed by atoms with Crippen LogP contribution in [0, 0.1) is 0 Å². The van der Waals surface area contributed by atoms with Gasteiger partial charge in [0.25, 0.3) is 11.8 Å². The highest BCUT2D eigenvalue weighted by Gasteiger charge is 2.55. The molecule has 3 aliphatic rings. The first-order chi connectivity index (χ1) is 16.7. The number of oxime groups is 1. The lowest BCUT2D eigenvalue weighted by atomic mass is 9.97. The topological polar surface area (TPSA) is 256 Å². The van der Waals surface area contributed by atoms with Gasteiger partial charge in [-0.1, -0.05) is 16.9 Å². The molecular weight excluding hydrogens is 526 g/mol. The largest absolute Gasteiger partial charge is 0.478 e. The van der Waals surface area contributed by atoms with Crippen molar-refractivity contribution in [1.29, 1.82) is 0 Å². The predicted molar refractivity (Wildman–Crippen MR) is 122 cm³/mol. The average Bonchev–Trinajstić information content (AvgIpc) is 3.35. The molecular formula is C17H25N7O10S2. The number of β-lactam (4-membered cyclic amide) rings is 1. The van der Waals surface area contributed by atoms with Crippen LogP contribution in [0.3, 0.4) is 0 Å². The molecule has 36 heavy (non-hydrogen) atoms. The van der Waals surface area contributed by atoms with E-state index in [1.165, 1.54) is 19.3 Å². The van der Waals surface area contributed by atoms with Gasteiger partial charge >= 0.3 is 22.4 Å². The number of hydrogen-bond acceptors (Lipinski definition) is 13. The SMILES string of the molecule is CC(C)(O/N=C(\C(=O)NC1C(=O)N(S(=O)(=O)O)C1CN1CC(CN)OC1=O)C1=CSC(N)N1)C(=O)O. The van der Waals surface area contributed by atoms with Crippen molar-refractivity contribution in [1.82, 2.24) is 19.8 Å². The van der Waals surface area contributed by atoms with E-state index in [-0.39, 0.29) is 23.1 Å². The van der Waals surface area contributed by atoms with Crippen molar-refractivity contribution in [3.8, 4) is 0 Å². The zero-order chi connectivity index (χ0) is 27.0. The van der Waals surface area contributed by atoms with Crippen LogP contribution >= 0.6 is 11.8 Å². The van der Waals surface area contributed by atoms with Crippen LogP contribution in [0.2, 0.25) is 0 Å². The molecule has 0 radical (unpaired) electrons. The minimum atomic E-state index is -5.03. The molecule has 0 aliphatic carbocycles. The minimum Gasteiger partial charge on any atom is -0.478 e. The molecule has 0 saturated carbocycles. The molecule has 17 nitrogen and oxygen atoms in total. The number of carboxylic acids is 1. The summed E-state index contributed by atoms with van der Waals surface area (Å²) in [6.07, 6.45) is -1.47. The first-order valence-electron chi connectivity index (χ1n) is 10.3. The number of amides is 3. The normalized spacial score (nSPS) is 26.7. The number of carboxylic acid groups (broad SMARTS) is 1. The maximum atomic E-state index is 13.1. The summed E-state index contributed by atoms with van der Waals surface area (Å²) in [6.45, 7) is 1.96. The summed E-state index contributed by atoms with van der Waals surface area (Å²) in [5.74, 6) is -3.60. The lowest BCUT2D eigenvalue weighted by molar-refractivity contribution is -0.161. The van der Waals surface area contributed by atoms with E-state index in [9.17, 15) is 37.3 Å². The number of nitrogens with two attached hydrogens (primary N) is 2. The molecule has 19 heteroatoms. The van der Waals surface area contributed by atoms with Crippen LogP contribution in [0.1, 0.15) is 13.8 Å². The maximum Gasteiger partial charge on any atom is 0.410 e. The van der Waals surface area contributed by atoms with Gasteiger partial charge in [-0.05, 0) is 13.8 Å². The lowest BCUT2D eigenvalue weighted by Gasteiger charge is -2.45. The Labute approximate surface area is 209 Å². The highest BCUT2D eigenvalue weighted by molar-refractivity contribution is 8.02. The molecule has 2 fully saturated rings. The molecule has 2 saturated heterocycles. The molecule has 3 amide bonds. The fourth-order valence-electron chi connectivity index (χ4n) is 3.32. The monoisotopic (exact) mass is 551 g/mol. The molecule has 200 valence electrons. The van der Waals surface area contributed by atoms with Gasteiger partial charge in [0, 0.05) is 18.5 Å². The number of hydrogen-bond donors (Lipinski definition) is 6. The summed E-state index contributed by atoms with van der Waals surface area (Å²) in [5.41, 5.74) is 8.30. The van der Waals surface area contributed by atoms with Gasteiger partial charge in [0.15, 0.2) is 5.71 Å². The number of carbonyl (C=O) groups is 4. The number of nitrogens with one attached hydrogen (secondary N) is 2. The second-order valence-corrected chi connectivity index (χ2v) is 10.7. The number of ether oxygens (including phenoxy) is 1. The summed E-state index contributed by atoms with van der Waals surface area (Å²) in [7, 11) is -5.03. The van der Waals surface area contributed by atoms with Crippen LogP contribution in [0.25, 0.3) is 0 Å². The number of cyclic esters (lactones) is 1. The Kier molecular flexibility index (Phi) is 7.69. The Balaban J connectivity index is 1.84. The average molecular weight is 552 g/mol. The van der Waals surface area contributed by atoms with Gasteiger partial charge in [0.05, 0.1) is 18.3 Å². The Morgan fingerprint density at radius 3 is 2.58 bits per heavy atom. The van der Waals surface area contributed by atoms with E-state index in [0.29, 0.717) is 0 Å². The molecule has 0 spiro atoms. The van der Waals surface area contributed by atoms with Gasteiger partial charge in [0.2, 0.25) is 5.60 Å². The van der Waals surface area contributed by atoms with E-state index >= 15 is 0 Å². The van der Waals surface area contributed by atoms with E-state index in [1.54, 1.807) is 0 Å². The van der Waals surface area contributed by atoms with E-state index in [1.807, 2.05) is 0 Å². The second kappa shape index (κ2) is 10.1. The van der Waals surface area contributed by atoms with Crippen LogP contribution in [-0.2, 0) is 34.3 Å². The van der Waals surface area contributed by atoms with Gasteiger partial charge < -0.3 is 41.7 Å². The van der Waals surface area contributed by atoms with E-state index < -0.39 is 75.7 Å². The Morgan fingerprint density at radius 1 is 1.42 bits per heavy atom. The maximum absolute atomic E-state index is 13.1. The molecule has 0 aromatic heterocycles. The summed E-state index contributed by atoms with van der Waals surface area (Å²) in [6, 6.07) is -2.90. The molecule has 8 N–H and O–H groups in total. The van der Waals surface area contributed by atoms with Gasteiger partial charge in [-0.2, -0.15) is 8.42 Å². The highest BCUT2D eigenvalue weighted by atomic mass is 32.2. The first-order valence-corrected chi connectivity index (χ1v) is 12.6. The van der Waals surface area contributed by atoms with Crippen molar-refractivity contribution < 1.29 is 46.8 Å². The summed E-state index contributed by atoms with van der Waals surface area (Å²) >= 11 is 1.07. The van der Waals surface area contributed by atoms with Crippen LogP contribution in [0.4, 0.5) is 4.79 Å². The van der Waals surface area contributed by atoms with Crippen molar-refractivity contribution in [3.63, 3.8) is 0 Å². The predicted octanol–water partition coefficient (Wildman–Crippen LogP) is -3.08. The zero-order valence-electron chi connectivity index (χ0n) is 19.0. The summed E-state index contributed by atoms with van der Waals surface area (Å²) < 4.78 is 38.1. The third-order valence-corrected chi connectivity index (χ3v) is 7.04. The van der Waals surface area contributed by atoms with E-state index in [2.05, 4.69) is 15.8 Å². The van der Waals surface area contributed by atoms with Gasteiger partial charge in [-0.3, -0.25) is 14.1 Å². The first kappa shape index (κ1) is 27.5. The fraction of sp³-hybridized carbons (Fsp3) is 0.588. The standard InChI is InChI=1S/C17H25N7O10S2/c1-17(2,14(27)28)34-22-10(8-6-35-15(19)20-8)12(25)21-11-9(24(13(11)26)36(30,31)32)5-23-4-7(3-18)33-16(23)29/h6-7,9,11,15,20H,3-5,18-19H2,1-2H3,(H,21,25)(H,27,28)(H,30,31,32)/b22-10-. The van der Waals surface area contributed by atoms with Crippen molar-refractivity contribution in [2.45, 2.75) is 43.1 Å². The van der Waals surface area contributed by atoms with Crippen molar-refractivity contribution in [2.24, 2.45) is 16.6 Å². The third kappa shape index (κ3) is 5.64. The van der Waals surface area contributed by atoms with Gasteiger partial charge in [-0.15, -0.1) is 0 Å². The number of thioether (sulfide) groups is 1. The van der Waals surface area contributed by atoms with Crippen molar-refractivity contribution in [3.05, 3.63) is 11.1 Å². The molecule has 4 atom stereocenters. The minimum absolute atomic E-state index is 0.00277. The van der Waals surface area contributed by atoms with Gasteiger partial charge in [0.1, 0.15) is 17.6 Å². The Morgan fingerprint density at radius 2 is 2.08 bits per heavy atom. The molecule has 3 heterocycles. The summed E-state index contributed by atoms with van der Waals surface area (Å²) in [5, 5.41) is 19.3. The number of aliphatic carboxylic acids is 1. The molecule has 0 aromatic rings. The van der Waals surface area contributed by atoms with Crippen LogP contribution in [0.15, 0.2) is 16.3 Å². The van der Waals surface area contributed by atoms with Crippen LogP contribution < -0.4 is 22.1 Å². The Bertz CT molecular complexity index is 1120. The summed E-state index contributed by atoms with van der Waals surface area (Å²) in [4.78, 5) is 55.1. The van der Waals surface area contributed by atoms with E-state index in [4.69, 9.17) is 21.0 Å². The molecule has 3 rings (SSSR count). The quantitative estimate of drug-likeness (QED) is 0.0681. The molecule has 3 aliphatic heterocycles. The van der Waals surface area contributed by atoms with Crippen LogP contribution in [0.5, 0.6) is 0 Å². The number of rotatable bonds is 10. The van der Waals surface area contributed by atoms with Crippen molar-refractivity contribution in [2.75, 3.05) is 19.6 Å². The third-order valence-electron chi connectivity index (χ3n) is 5.31. The van der Waals surface area contributed by atoms with Crippen LogP contribution in [-0.4, -0.2) is 106 Å². The Hall–Kier alpha value is -3.13. The molecule has 4 unspecified atom stereocenters.